The van der Waals surface area contributed by atoms with Gasteiger partial charge in [-0.25, -0.2) is 0 Å². The van der Waals surface area contributed by atoms with Crippen LogP contribution < -0.4 is 15.4 Å². The van der Waals surface area contributed by atoms with Crippen LogP contribution in [0.5, 0.6) is 5.75 Å². The molecule has 0 radical (unpaired) electrons. The van der Waals surface area contributed by atoms with Crippen LogP contribution in [0.1, 0.15) is 16.5 Å². The van der Waals surface area contributed by atoms with Crippen molar-refractivity contribution in [1.29, 1.82) is 0 Å². The highest BCUT2D eigenvalue weighted by molar-refractivity contribution is 7.80. The predicted octanol–water partition coefficient (Wildman–Crippen LogP) is 3.07. The molecule has 2 aromatic rings. The Kier molecular flexibility index (Phi) is 7.49. The number of thiophene rings is 1. The third-order valence-electron chi connectivity index (χ3n) is 3.81. The Balaban J connectivity index is 1.72. The van der Waals surface area contributed by atoms with Crippen molar-refractivity contribution in [3.05, 3.63) is 52.2 Å². The molecule has 6 heteroatoms. The van der Waals surface area contributed by atoms with Gasteiger partial charge in [0.1, 0.15) is 5.75 Å². The second kappa shape index (κ2) is 9.61. The molecule has 0 saturated heterocycles. The summed E-state index contributed by atoms with van der Waals surface area (Å²) in [6, 6.07) is 12.7. The van der Waals surface area contributed by atoms with Crippen molar-refractivity contribution in [2.24, 2.45) is 0 Å². The maximum Gasteiger partial charge on any atom is 0.166 e. The molecule has 130 valence electrons. The van der Waals surface area contributed by atoms with Crippen LogP contribution in [-0.4, -0.2) is 44.3 Å². The highest BCUT2D eigenvalue weighted by atomic mass is 32.1. The van der Waals surface area contributed by atoms with Gasteiger partial charge in [0.25, 0.3) is 0 Å². The smallest absolute Gasteiger partial charge is 0.166 e. The van der Waals surface area contributed by atoms with Gasteiger partial charge in [-0.15, -0.1) is 11.3 Å². The van der Waals surface area contributed by atoms with Gasteiger partial charge in [0.15, 0.2) is 5.11 Å². The maximum atomic E-state index is 5.39. The quantitative estimate of drug-likeness (QED) is 0.705. The molecule has 0 aliphatic carbocycles. The van der Waals surface area contributed by atoms with Crippen LogP contribution in [0, 0.1) is 0 Å². The predicted molar refractivity (Wildman–Crippen MR) is 106 cm³/mol. The number of hydrogen-bond acceptors (Lipinski definition) is 4. The molecule has 2 rings (SSSR count). The average molecular weight is 364 g/mol. The van der Waals surface area contributed by atoms with Crippen LogP contribution in [-0.2, 0) is 6.42 Å². The first kappa shape index (κ1) is 18.7. The van der Waals surface area contributed by atoms with Crippen molar-refractivity contribution in [3.63, 3.8) is 0 Å². The second-order valence-electron chi connectivity index (χ2n) is 5.73. The Bertz CT molecular complexity index is 612. The summed E-state index contributed by atoms with van der Waals surface area (Å²) in [6.07, 6.45) is 0.924. The Hall–Kier alpha value is -1.63. The standard InChI is InChI=1S/C18H25N3OS2/c1-21(2)16(17-5-4-12-24-17)13-20-18(23)19-11-10-14-6-8-15(22-3)9-7-14/h4-9,12,16H,10-11,13H2,1-3H3,(H2,19,20,23)/t16-/m1/s1. The van der Waals surface area contributed by atoms with Crippen LogP contribution in [0.2, 0.25) is 0 Å². The first-order chi connectivity index (χ1) is 11.6. The molecule has 0 aliphatic rings. The van der Waals surface area contributed by atoms with E-state index in [0.29, 0.717) is 11.2 Å². The topological polar surface area (TPSA) is 36.5 Å². The average Bonchev–Trinajstić information content (AvgIpc) is 3.09. The van der Waals surface area contributed by atoms with Crippen molar-refractivity contribution in [1.82, 2.24) is 15.5 Å². The number of thiocarbonyl (C=S) groups is 1. The second-order valence-corrected chi connectivity index (χ2v) is 7.12. The molecular formula is C18H25N3OS2. The van der Waals surface area contributed by atoms with Crippen LogP contribution in [0.3, 0.4) is 0 Å². The van der Waals surface area contributed by atoms with Gasteiger partial charge in [-0.2, -0.15) is 0 Å². The van der Waals surface area contributed by atoms with E-state index in [2.05, 4.69) is 59.3 Å². The third-order valence-corrected chi connectivity index (χ3v) is 5.07. The molecule has 0 fully saturated rings. The first-order valence-corrected chi connectivity index (χ1v) is 9.23. The molecule has 4 nitrogen and oxygen atoms in total. The Morgan fingerprint density at radius 1 is 1.21 bits per heavy atom. The zero-order chi connectivity index (χ0) is 17.4. The number of nitrogens with zero attached hydrogens (tertiary/aromatic N) is 1. The SMILES string of the molecule is COc1ccc(CCNC(=S)NC[C@H](c2cccs2)N(C)C)cc1. The van der Waals surface area contributed by atoms with E-state index in [9.17, 15) is 0 Å². The number of methoxy groups -OCH3 is 1. The molecule has 0 aliphatic heterocycles. The highest BCUT2D eigenvalue weighted by Crippen LogP contribution is 2.22. The number of rotatable bonds is 8. The maximum absolute atomic E-state index is 5.39. The van der Waals surface area contributed by atoms with Crippen LogP contribution in [0.25, 0.3) is 0 Å². The minimum absolute atomic E-state index is 0.325. The fraction of sp³-hybridized carbons (Fsp3) is 0.389. The van der Waals surface area contributed by atoms with Gasteiger partial charge in [0.05, 0.1) is 13.2 Å². The van der Waals surface area contributed by atoms with E-state index in [1.807, 2.05) is 12.1 Å². The highest BCUT2D eigenvalue weighted by Gasteiger charge is 2.15. The lowest BCUT2D eigenvalue weighted by molar-refractivity contribution is 0.303. The number of benzene rings is 1. The number of ether oxygens (including phenoxy) is 1. The Morgan fingerprint density at radius 3 is 2.54 bits per heavy atom. The minimum atomic E-state index is 0.325. The summed E-state index contributed by atoms with van der Waals surface area (Å²) < 4.78 is 5.17. The fourth-order valence-corrected chi connectivity index (χ4v) is 3.49. The minimum Gasteiger partial charge on any atom is -0.497 e. The normalized spacial score (nSPS) is 12.0. The molecule has 0 unspecified atom stereocenters. The van der Waals surface area contributed by atoms with E-state index in [1.54, 1.807) is 18.4 Å². The summed E-state index contributed by atoms with van der Waals surface area (Å²) in [5, 5.41) is 9.40. The van der Waals surface area contributed by atoms with Crippen LogP contribution in [0.4, 0.5) is 0 Å². The van der Waals surface area contributed by atoms with Crippen molar-refractivity contribution in [3.8, 4) is 5.75 Å². The van der Waals surface area contributed by atoms with Crippen molar-refractivity contribution >= 4 is 28.7 Å². The van der Waals surface area contributed by atoms with E-state index < -0.39 is 0 Å². The van der Waals surface area contributed by atoms with Gasteiger partial charge in [-0.05, 0) is 61.9 Å². The molecule has 0 bridgehead atoms. The molecule has 0 spiro atoms. The lowest BCUT2D eigenvalue weighted by Gasteiger charge is -2.24. The lowest BCUT2D eigenvalue weighted by atomic mass is 10.1. The van der Waals surface area contributed by atoms with E-state index in [-0.39, 0.29) is 0 Å². The molecule has 0 amide bonds. The molecule has 1 aromatic carbocycles. The Labute approximate surface area is 153 Å². The van der Waals surface area contributed by atoms with Crippen LogP contribution in [0.15, 0.2) is 41.8 Å². The molecule has 24 heavy (non-hydrogen) atoms. The summed E-state index contributed by atoms with van der Waals surface area (Å²) in [5.74, 6) is 0.882. The van der Waals surface area contributed by atoms with E-state index >= 15 is 0 Å². The number of hydrogen-bond donors (Lipinski definition) is 2. The largest absolute Gasteiger partial charge is 0.497 e. The van der Waals surface area contributed by atoms with Gasteiger partial charge >= 0.3 is 0 Å². The van der Waals surface area contributed by atoms with Crippen molar-refractivity contribution in [2.75, 3.05) is 34.3 Å². The number of nitrogens with one attached hydrogen (secondary N) is 2. The van der Waals surface area contributed by atoms with Gasteiger partial charge in [0, 0.05) is 18.0 Å². The summed E-state index contributed by atoms with van der Waals surface area (Å²) in [6.45, 7) is 1.60. The van der Waals surface area contributed by atoms with E-state index in [0.717, 1.165) is 25.3 Å². The van der Waals surface area contributed by atoms with Gasteiger partial charge in [-0.1, -0.05) is 18.2 Å². The molecule has 1 heterocycles. The zero-order valence-electron chi connectivity index (χ0n) is 14.4. The first-order valence-electron chi connectivity index (χ1n) is 7.94. The van der Waals surface area contributed by atoms with Crippen LogP contribution >= 0.6 is 23.6 Å². The molecule has 0 saturated carbocycles. The number of likely N-dealkylation sites (N-methyl/N-ethyl adjacent to an activating group) is 1. The third kappa shape index (κ3) is 5.78. The van der Waals surface area contributed by atoms with Gasteiger partial charge in [-0.3, -0.25) is 0 Å². The molecule has 2 N–H and O–H groups in total. The van der Waals surface area contributed by atoms with Gasteiger partial charge in [0.2, 0.25) is 0 Å². The van der Waals surface area contributed by atoms with Crippen molar-refractivity contribution < 1.29 is 4.74 Å². The summed E-state index contributed by atoms with van der Waals surface area (Å²) in [7, 11) is 5.86. The van der Waals surface area contributed by atoms with Gasteiger partial charge < -0.3 is 20.3 Å². The zero-order valence-corrected chi connectivity index (χ0v) is 16.0. The molecule has 1 atom stereocenters. The van der Waals surface area contributed by atoms with E-state index in [4.69, 9.17) is 17.0 Å². The Morgan fingerprint density at radius 2 is 1.96 bits per heavy atom. The fourth-order valence-electron chi connectivity index (χ4n) is 2.38. The monoisotopic (exact) mass is 363 g/mol. The summed E-state index contributed by atoms with van der Waals surface area (Å²) >= 11 is 7.16. The summed E-state index contributed by atoms with van der Waals surface area (Å²) in [5.41, 5.74) is 1.26. The van der Waals surface area contributed by atoms with Crippen molar-refractivity contribution in [2.45, 2.75) is 12.5 Å². The van der Waals surface area contributed by atoms with E-state index in [1.165, 1.54) is 10.4 Å². The lowest BCUT2D eigenvalue weighted by Crippen LogP contribution is -2.40. The molecular weight excluding hydrogens is 338 g/mol. The summed E-state index contributed by atoms with van der Waals surface area (Å²) in [4.78, 5) is 3.55. The molecule has 1 aromatic heterocycles.